The Bertz CT molecular complexity index is 804. The van der Waals surface area contributed by atoms with Gasteiger partial charge in [0.15, 0.2) is 0 Å². The first-order chi connectivity index (χ1) is 16.7. The normalized spacial score (nSPS) is 26.0. The Labute approximate surface area is 206 Å². The lowest BCUT2D eigenvalue weighted by molar-refractivity contribution is -0.142. The maximum absolute atomic E-state index is 13.8. The van der Waals surface area contributed by atoms with E-state index in [0.717, 1.165) is 77.3 Å². The SMILES string of the molecule is CCN1CCCCCCCN(C(=O)C2CCCCC2)[C@@H]2CCCC[C@@H]2Oc2ccccc2C1=O. The van der Waals surface area contributed by atoms with E-state index in [9.17, 15) is 9.59 Å². The third-order valence-electron chi connectivity index (χ3n) is 8.20. The Hall–Kier alpha value is -2.04. The van der Waals surface area contributed by atoms with Gasteiger partial charge in [-0.2, -0.15) is 0 Å². The smallest absolute Gasteiger partial charge is 0.257 e. The summed E-state index contributed by atoms with van der Waals surface area (Å²) in [5.74, 6) is 1.30. The molecular weight excluding hydrogens is 424 g/mol. The van der Waals surface area contributed by atoms with Crippen LogP contribution in [0.5, 0.6) is 5.75 Å². The average Bonchev–Trinajstić information content (AvgIpc) is 2.88. The number of hydrogen-bond donors (Lipinski definition) is 0. The van der Waals surface area contributed by atoms with E-state index in [2.05, 4.69) is 11.8 Å². The van der Waals surface area contributed by atoms with Gasteiger partial charge in [-0.05, 0) is 64.0 Å². The van der Waals surface area contributed by atoms with E-state index in [0.29, 0.717) is 23.8 Å². The largest absolute Gasteiger partial charge is 0.487 e. The van der Waals surface area contributed by atoms with Crippen molar-refractivity contribution in [2.45, 2.75) is 109 Å². The molecule has 2 fully saturated rings. The third kappa shape index (κ3) is 6.14. The first-order valence-electron chi connectivity index (χ1n) is 14.0. The fourth-order valence-corrected chi connectivity index (χ4v) is 6.19. The first-order valence-corrected chi connectivity index (χ1v) is 14.0. The van der Waals surface area contributed by atoms with E-state index in [1.54, 1.807) is 0 Å². The molecule has 1 heterocycles. The number of carbonyl (C=O) groups excluding carboxylic acids is 2. The maximum Gasteiger partial charge on any atom is 0.257 e. The van der Waals surface area contributed by atoms with Crippen molar-refractivity contribution < 1.29 is 14.3 Å². The van der Waals surface area contributed by atoms with E-state index < -0.39 is 0 Å². The minimum absolute atomic E-state index is 0.0459. The van der Waals surface area contributed by atoms with Crippen molar-refractivity contribution >= 4 is 11.8 Å². The summed E-state index contributed by atoms with van der Waals surface area (Å²) in [7, 11) is 0. The highest BCUT2D eigenvalue weighted by Crippen LogP contribution is 2.33. The molecule has 2 aliphatic carbocycles. The van der Waals surface area contributed by atoms with E-state index >= 15 is 0 Å². The lowest BCUT2D eigenvalue weighted by Gasteiger charge is -2.42. The zero-order chi connectivity index (χ0) is 23.8. The number of rotatable bonds is 2. The van der Waals surface area contributed by atoms with Crippen LogP contribution in [0.3, 0.4) is 0 Å². The number of fused-ring (bicyclic) bond motifs is 2. The lowest BCUT2D eigenvalue weighted by Crippen LogP contribution is -2.52. The van der Waals surface area contributed by atoms with Gasteiger partial charge in [0.25, 0.3) is 5.91 Å². The van der Waals surface area contributed by atoms with E-state index in [1.165, 1.54) is 25.7 Å². The quantitative estimate of drug-likeness (QED) is 0.518. The molecule has 2 atom stereocenters. The molecule has 3 aliphatic rings. The van der Waals surface area contributed by atoms with Crippen LogP contribution in [0.1, 0.15) is 107 Å². The van der Waals surface area contributed by atoms with E-state index in [4.69, 9.17) is 4.74 Å². The van der Waals surface area contributed by atoms with Crippen LogP contribution >= 0.6 is 0 Å². The number of nitrogens with zero attached hydrogens (tertiary/aromatic N) is 2. The van der Waals surface area contributed by atoms with Gasteiger partial charge >= 0.3 is 0 Å². The van der Waals surface area contributed by atoms with Gasteiger partial charge in [0.05, 0.1) is 11.6 Å². The van der Waals surface area contributed by atoms with Crippen LogP contribution in [-0.2, 0) is 4.79 Å². The molecule has 0 bridgehead atoms. The minimum Gasteiger partial charge on any atom is -0.487 e. The molecule has 4 rings (SSSR count). The Kier molecular flexibility index (Phi) is 9.29. The maximum atomic E-state index is 13.8. The van der Waals surface area contributed by atoms with Gasteiger partial charge in [-0.1, -0.05) is 57.1 Å². The van der Waals surface area contributed by atoms with Crippen molar-refractivity contribution in [2.24, 2.45) is 5.92 Å². The number of amides is 2. The van der Waals surface area contributed by atoms with Crippen molar-refractivity contribution in [2.75, 3.05) is 19.6 Å². The first kappa shape index (κ1) is 25.1. The second-order valence-electron chi connectivity index (χ2n) is 10.5. The van der Waals surface area contributed by atoms with Crippen molar-refractivity contribution in [1.29, 1.82) is 0 Å². The van der Waals surface area contributed by atoms with Crippen LogP contribution in [0.15, 0.2) is 24.3 Å². The van der Waals surface area contributed by atoms with Gasteiger partial charge < -0.3 is 14.5 Å². The standard InChI is InChI=1S/C29H44N2O3/c1-2-30-21-13-4-3-5-14-22-31(28(32)23-15-7-6-8-16-23)25-18-10-12-20-27(25)34-26-19-11-9-17-24(26)29(30)33/h9,11,17,19,23,25,27H,2-8,10,12-16,18,20-22H2,1H3/t25-,27+/m1/s1. The van der Waals surface area contributed by atoms with E-state index in [-0.39, 0.29) is 24.0 Å². The molecule has 1 aromatic carbocycles. The molecule has 0 radical (unpaired) electrons. The second-order valence-corrected chi connectivity index (χ2v) is 10.5. The number of benzene rings is 1. The number of carbonyl (C=O) groups is 2. The van der Waals surface area contributed by atoms with Crippen molar-refractivity contribution in [3.05, 3.63) is 29.8 Å². The molecule has 5 nitrogen and oxygen atoms in total. The molecule has 2 amide bonds. The third-order valence-corrected chi connectivity index (χ3v) is 8.20. The van der Waals surface area contributed by atoms with Crippen LogP contribution < -0.4 is 4.74 Å². The van der Waals surface area contributed by atoms with Gasteiger partial charge in [-0.25, -0.2) is 0 Å². The van der Waals surface area contributed by atoms with Crippen molar-refractivity contribution in [1.82, 2.24) is 9.80 Å². The average molecular weight is 469 g/mol. The fraction of sp³-hybridized carbons (Fsp3) is 0.724. The lowest BCUT2D eigenvalue weighted by atomic mass is 9.85. The molecule has 5 heteroatoms. The van der Waals surface area contributed by atoms with Gasteiger partial charge in [-0.15, -0.1) is 0 Å². The molecule has 0 unspecified atom stereocenters. The molecule has 1 aliphatic heterocycles. The van der Waals surface area contributed by atoms with Gasteiger partial charge in [0.1, 0.15) is 11.9 Å². The van der Waals surface area contributed by atoms with Gasteiger partial charge in [0, 0.05) is 25.6 Å². The van der Waals surface area contributed by atoms with Crippen LogP contribution in [0.2, 0.25) is 0 Å². The molecule has 0 N–H and O–H groups in total. The zero-order valence-corrected chi connectivity index (χ0v) is 21.2. The molecule has 0 saturated heterocycles. The van der Waals surface area contributed by atoms with Gasteiger partial charge in [0.2, 0.25) is 5.91 Å². The molecule has 0 aromatic heterocycles. The Morgan fingerprint density at radius 1 is 0.853 bits per heavy atom. The highest BCUT2D eigenvalue weighted by molar-refractivity contribution is 5.97. The Morgan fingerprint density at radius 3 is 2.29 bits per heavy atom. The summed E-state index contributed by atoms with van der Waals surface area (Å²) >= 11 is 0. The van der Waals surface area contributed by atoms with Crippen molar-refractivity contribution in [3.63, 3.8) is 0 Å². The molecule has 188 valence electrons. The highest BCUT2D eigenvalue weighted by Gasteiger charge is 2.37. The van der Waals surface area contributed by atoms with Crippen LogP contribution in [0, 0.1) is 5.92 Å². The summed E-state index contributed by atoms with van der Waals surface area (Å²) in [6.45, 7) is 4.41. The van der Waals surface area contributed by atoms with Gasteiger partial charge in [-0.3, -0.25) is 9.59 Å². The molecule has 0 spiro atoms. The van der Waals surface area contributed by atoms with Crippen LogP contribution in [0.4, 0.5) is 0 Å². The summed E-state index contributed by atoms with van der Waals surface area (Å²) in [5.41, 5.74) is 0.661. The Morgan fingerprint density at radius 2 is 1.50 bits per heavy atom. The zero-order valence-electron chi connectivity index (χ0n) is 21.2. The summed E-state index contributed by atoms with van der Waals surface area (Å²) in [5, 5.41) is 0. The number of hydrogen-bond acceptors (Lipinski definition) is 3. The predicted octanol–water partition coefficient (Wildman–Crippen LogP) is 6.21. The molecule has 2 saturated carbocycles. The number of ether oxygens (including phenoxy) is 1. The summed E-state index contributed by atoms with van der Waals surface area (Å²) in [6, 6.07) is 7.84. The Balaban J connectivity index is 1.62. The van der Waals surface area contributed by atoms with E-state index in [1.807, 2.05) is 29.2 Å². The molecule has 1 aromatic rings. The minimum atomic E-state index is -0.0459. The summed E-state index contributed by atoms with van der Waals surface area (Å²) < 4.78 is 6.67. The van der Waals surface area contributed by atoms with Crippen molar-refractivity contribution in [3.8, 4) is 5.75 Å². The topological polar surface area (TPSA) is 49.9 Å². The predicted molar refractivity (Wildman–Crippen MR) is 136 cm³/mol. The summed E-state index contributed by atoms with van der Waals surface area (Å²) in [6.07, 6.45) is 15.4. The highest BCUT2D eigenvalue weighted by atomic mass is 16.5. The fourth-order valence-electron chi connectivity index (χ4n) is 6.19. The number of para-hydroxylation sites is 1. The second kappa shape index (κ2) is 12.6. The molecule has 34 heavy (non-hydrogen) atoms. The monoisotopic (exact) mass is 468 g/mol. The summed E-state index contributed by atoms with van der Waals surface area (Å²) in [4.78, 5) is 31.4. The molecular formula is C29H44N2O3. The van der Waals surface area contributed by atoms with Crippen LogP contribution in [-0.4, -0.2) is 53.4 Å². The van der Waals surface area contributed by atoms with Crippen LogP contribution in [0.25, 0.3) is 0 Å².